The van der Waals surface area contributed by atoms with E-state index in [1.165, 1.54) is 12.1 Å². The molecule has 8 heteroatoms. The quantitative estimate of drug-likeness (QED) is 0.460. The lowest BCUT2D eigenvalue weighted by Crippen LogP contribution is -2.23. The molecule has 4 N–H and O–H groups in total. The lowest BCUT2D eigenvalue weighted by Gasteiger charge is -2.08. The van der Waals surface area contributed by atoms with Gasteiger partial charge in [-0.1, -0.05) is 36.4 Å². The molecule has 4 rings (SSSR count). The molecule has 1 aromatic heterocycles. The second-order valence-electron chi connectivity index (χ2n) is 7.01. The Morgan fingerprint density at radius 3 is 2.63 bits per heavy atom. The van der Waals surface area contributed by atoms with Crippen molar-refractivity contribution in [3.63, 3.8) is 0 Å². The van der Waals surface area contributed by atoms with Crippen LogP contribution in [0, 0.1) is 6.92 Å². The number of rotatable bonds is 5. The summed E-state index contributed by atoms with van der Waals surface area (Å²) in [7, 11) is -3.83. The number of benzene rings is 3. The van der Waals surface area contributed by atoms with Crippen molar-refractivity contribution in [1.82, 2.24) is 15.5 Å². The van der Waals surface area contributed by atoms with Crippen molar-refractivity contribution in [1.29, 1.82) is 0 Å². The van der Waals surface area contributed by atoms with Crippen molar-refractivity contribution in [2.24, 2.45) is 5.14 Å². The standard InChI is InChI=1S/C22H20N4O3S/c1-14-5-2-3-6-17(14)13-24-22(27)16-9-10-20-19(12-16)21(26-25-20)15-7-4-8-18(11-15)30(23,28)29/h2-12H,13H2,1H3,(H,24,27)(H,25,26)(H2,23,28,29). The maximum Gasteiger partial charge on any atom is 0.251 e. The summed E-state index contributed by atoms with van der Waals surface area (Å²) in [6.45, 7) is 2.43. The van der Waals surface area contributed by atoms with E-state index in [-0.39, 0.29) is 10.8 Å². The van der Waals surface area contributed by atoms with Gasteiger partial charge in [-0.25, -0.2) is 13.6 Å². The highest BCUT2D eigenvalue weighted by Gasteiger charge is 2.15. The van der Waals surface area contributed by atoms with Gasteiger partial charge in [-0.15, -0.1) is 0 Å². The fraction of sp³-hybridized carbons (Fsp3) is 0.0909. The molecule has 0 aliphatic rings. The molecule has 0 unspecified atom stereocenters. The topological polar surface area (TPSA) is 118 Å². The minimum absolute atomic E-state index is 0.00304. The first-order valence-electron chi connectivity index (χ1n) is 9.27. The minimum atomic E-state index is -3.83. The number of aryl methyl sites for hydroxylation is 1. The molecule has 152 valence electrons. The van der Waals surface area contributed by atoms with Gasteiger partial charge in [-0.05, 0) is 48.4 Å². The first-order chi connectivity index (χ1) is 14.3. The Morgan fingerprint density at radius 2 is 1.87 bits per heavy atom. The summed E-state index contributed by atoms with van der Waals surface area (Å²) in [5.74, 6) is -0.203. The molecule has 4 aromatic rings. The van der Waals surface area contributed by atoms with E-state index in [0.29, 0.717) is 28.8 Å². The molecule has 0 aliphatic heterocycles. The predicted molar refractivity (Wildman–Crippen MR) is 115 cm³/mol. The Hall–Kier alpha value is -3.49. The lowest BCUT2D eigenvalue weighted by molar-refractivity contribution is 0.0951. The summed E-state index contributed by atoms with van der Waals surface area (Å²) in [5, 5.41) is 16.1. The third-order valence-corrected chi connectivity index (χ3v) is 5.87. The lowest BCUT2D eigenvalue weighted by atomic mass is 10.0. The van der Waals surface area contributed by atoms with Gasteiger partial charge in [0.1, 0.15) is 0 Å². The molecule has 0 spiro atoms. The maximum absolute atomic E-state index is 12.7. The number of hydrogen-bond acceptors (Lipinski definition) is 4. The SMILES string of the molecule is Cc1ccccc1CNC(=O)c1ccc2[nH]nc(-c3cccc(S(N)(=O)=O)c3)c2c1. The van der Waals surface area contributed by atoms with Gasteiger partial charge in [0, 0.05) is 23.1 Å². The van der Waals surface area contributed by atoms with Crippen molar-refractivity contribution in [3.8, 4) is 11.3 Å². The van der Waals surface area contributed by atoms with Crippen LogP contribution in [0.2, 0.25) is 0 Å². The van der Waals surface area contributed by atoms with E-state index in [2.05, 4.69) is 15.5 Å². The molecule has 0 fully saturated rings. The maximum atomic E-state index is 12.7. The molecule has 1 heterocycles. The molecule has 1 amide bonds. The van der Waals surface area contributed by atoms with Gasteiger partial charge >= 0.3 is 0 Å². The number of hydrogen-bond donors (Lipinski definition) is 3. The van der Waals surface area contributed by atoms with Crippen molar-refractivity contribution in [3.05, 3.63) is 83.4 Å². The van der Waals surface area contributed by atoms with Crippen LogP contribution < -0.4 is 10.5 Å². The number of nitrogens with two attached hydrogens (primary N) is 1. The number of sulfonamides is 1. The number of aromatic amines is 1. The minimum Gasteiger partial charge on any atom is -0.348 e. The van der Waals surface area contributed by atoms with Gasteiger partial charge in [0.15, 0.2) is 0 Å². The molecule has 0 bridgehead atoms. The zero-order valence-electron chi connectivity index (χ0n) is 16.2. The molecule has 7 nitrogen and oxygen atoms in total. The van der Waals surface area contributed by atoms with Crippen LogP contribution in [0.25, 0.3) is 22.2 Å². The van der Waals surface area contributed by atoms with Gasteiger partial charge in [0.2, 0.25) is 10.0 Å². The molecule has 3 aromatic carbocycles. The molecule has 0 saturated carbocycles. The summed E-state index contributed by atoms with van der Waals surface area (Å²) >= 11 is 0. The number of carbonyl (C=O) groups is 1. The summed E-state index contributed by atoms with van der Waals surface area (Å²) in [4.78, 5) is 12.7. The summed E-state index contributed by atoms with van der Waals surface area (Å²) in [6.07, 6.45) is 0. The molecule has 0 saturated heterocycles. The van der Waals surface area contributed by atoms with Gasteiger partial charge in [-0.3, -0.25) is 9.89 Å². The normalized spacial score (nSPS) is 11.5. The van der Waals surface area contributed by atoms with Gasteiger partial charge in [0.25, 0.3) is 5.91 Å². The zero-order valence-corrected chi connectivity index (χ0v) is 17.0. The number of amides is 1. The van der Waals surface area contributed by atoms with Crippen LogP contribution in [-0.4, -0.2) is 24.5 Å². The predicted octanol–water partition coefficient (Wildman–Crippen LogP) is 3.12. The van der Waals surface area contributed by atoms with E-state index in [1.54, 1.807) is 30.3 Å². The molecule has 0 radical (unpaired) electrons. The summed E-state index contributed by atoms with van der Waals surface area (Å²) in [5.41, 5.74) is 4.52. The number of nitrogens with zero attached hydrogens (tertiary/aromatic N) is 1. The monoisotopic (exact) mass is 420 g/mol. The smallest absolute Gasteiger partial charge is 0.251 e. The Labute approximate surface area is 174 Å². The fourth-order valence-corrected chi connectivity index (χ4v) is 3.84. The van der Waals surface area contributed by atoms with E-state index < -0.39 is 10.0 Å². The number of primary sulfonamides is 1. The fourth-order valence-electron chi connectivity index (χ4n) is 3.28. The second kappa shape index (κ2) is 7.74. The average molecular weight is 420 g/mol. The largest absolute Gasteiger partial charge is 0.348 e. The average Bonchev–Trinajstić information content (AvgIpc) is 3.15. The van der Waals surface area contributed by atoms with E-state index in [0.717, 1.165) is 16.6 Å². The first kappa shape index (κ1) is 19.8. The number of aromatic nitrogens is 2. The van der Waals surface area contributed by atoms with Crippen LogP contribution in [0.5, 0.6) is 0 Å². The van der Waals surface area contributed by atoms with Crippen molar-refractivity contribution >= 4 is 26.8 Å². The Balaban J connectivity index is 1.65. The number of carbonyl (C=O) groups excluding carboxylic acids is 1. The number of nitrogens with one attached hydrogen (secondary N) is 2. The highest BCUT2D eigenvalue weighted by molar-refractivity contribution is 7.89. The third kappa shape index (κ3) is 3.96. The first-order valence-corrected chi connectivity index (χ1v) is 10.8. The van der Waals surface area contributed by atoms with Gasteiger partial charge in [0.05, 0.1) is 16.1 Å². The van der Waals surface area contributed by atoms with Crippen LogP contribution >= 0.6 is 0 Å². The molecule has 0 aliphatic carbocycles. The summed E-state index contributed by atoms with van der Waals surface area (Å²) in [6, 6.07) is 19.4. The molecule has 0 atom stereocenters. The Kier molecular flexibility index (Phi) is 5.11. The highest BCUT2D eigenvalue weighted by Crippen LogP contribution is 2.28. The van der Waals surface area contributed by atoms with Crippen LogP contribution in [-0.2, 0) is 16.6 Å². The highest BCUT2D eigenvalue weighted by atomic mass is 32.2. The number of H-pyrrole nitrogens is 1. The molecule has 30 heavy (non-hydrogen) atoms. The van der Waals surface area contributed by atoms with Crippen LogP contribution in [0.4, 0.5) is 0 Å². The third-order valence-electron chi connectivity index (χ3n) is 4.96. The van der Waals surface area contributed by atoms with E-state index in [9.17, 15) is 13.2 Å². The van der Waals surface area contributed by atoms with Crippen LogP contribution in [0.15, 0.2) is 71.6 Å². The van der Waals surface area contributed by atoms with Gasteiger partial charge < -0.3 is 5.32 Å². The van der Waals surface area contributed by atoms with Crippen molar-refractivity contribution in [2.45, 2.75) is 18.4 Å². The Bertz CT molecular complexity index is 1360. The van der Waals surface area contributed by atoms with Crippen molar-refractivity contribution in [2.75, 3.05) is 0 Å². The number of fused-ring (bicyclic) bond motifs is 1. The second-order valence-corrected chi connectivity index (χ2v) is 8.58. The molecular weight excluding hydrogens is 400 g/mol. The molecular formula is C22H20N4O3S. The van der Waals surface area contributed by atoms with E-state index in [4.69, 9.17) is 5.14 Å². The van der Waals surface area contributed by atoms with Crippen molar-refractivity contribution < 1.29 is 13.2 Å². The summed E-state index contributed by atoms with van der Waals surface area (Å²) < 4.78 is 23.3. The zero-order chi connectivity index (χ0) is 21.3. The van der Waals surface area contributed by atoms with Crippen LogP contribution in [0.1, 0.15) is 21.5 Å². The van der Waals surface area contributed by atoms with Gasteiger partial charge in [-0.2, -0.15) is 5.10 Å². The Morgan fingerprint density at radius 1 is 1.07 bits per heavy atom. The van der Waals surface area contributed by atoms with Crippen LogP contribution in [0.3, 0.4) is 0 Å². The van der Waals surface area contributed by atoms with E-state index >= 15 is 0 Å². The van der Waals surface area contributed by atoms with E-state index in [1.807, 2.05) is 31.2 Å².